The Balaban J connectivity index is 1.54. The minimum Gasteiger partial charge on any atom is -0.472 e. The maximum atomic E-state index is 12.8. The summed E-state index contributed by atoms with van der Waals surface area (Å²) in [7, 11) is 0. The van der Waals surface area contributed by atoms with Gasteiger partial charge < -0.3 is 9.73 Å². The van der Waals surface area contributed by atoms with Gasteiger partial charge in [-0.05, 0) is 31.2 Å². The number of carbonyl (C=O) groups excluding carboxylic acids is 1. The summed E-state index contributed by atoms with van der Waals surface area (Å²) in [6.07, 6.45) is 4.80. The molecule has 0 aliphatic rings. The van der Waals surface area contributed by atoms with Crippen LogP contribution in [0.3, 0.4) is 0 Å². The smallest absolute Gasteiger partial charge is 0.296 e. The van der Waals surface area contributed by atoms with Crippen LogP contribution in [-0.2, 0) is 0 Å². The number of anilines is 1. The summed E-state index contributed by atoms with van der Waals surface area (Å²) in [5.74, 6) is 0.426. The van der Waals surface area contributed by atoms with Crippen molar-refractivity contribution in [3.63, 3.8) is 0 Å². The summed E-state index contributed by atoms with van der Waals surface area (Å²) in [5.41, 5.74) is 3.11. The number of aromatic nitrogens is 6. The van der Waals surface area contributed by atoms with Crippen LogP contribution in [-0.4, -0.2) is 35.3 Å². The lowest BCUT2D eigenvalue weighted by atomic mass is 10.2. The third kappa shape index (κ3) is 3.04. The molecule has 0 aliphatic heterocycles. The van der Waals surface area contributed by atoms with Crippen LogP contribution in [0.5, 0.6) is 0 Å². The Morgan fingerprint density at radius 2 is 1.97 bits per heavy atom. The first-order valence-electron chi connectivity index (χ1n) is 8.87. The maximum Gasteiger partial charge on any atom is 0.296 e. The van der Waals surface area contributed by atoms with Crippen LogP contribution in [0.1, 0.15) is 16.3 Å². The monoisotopic (exact) mass is 385 g/mol. The number of nitrogens with one attached hydrogen (secondary N) is 1. The van der Waals surface area contributed by atoms with Gasteiger partial charge in [0.15, 0.2) is 0 Å². The van der Waals surface area contributed by atoms with Gasteiger partial charge in [0, 0.05) is 23.5 Å². The zero-order valence-electron chi connectivity index (χ0n) is 15.4. The number of para-hydroxylation sites is 1. The number of amides is 1. The SMILES string of the molecule is Cc1ccnc2nc(C(=O)Nc3cc(-c4ccoc4)nn3-c3ccccc3)nn12. The van der Waals surface area contributed by atoms with Gasteiger partial charge in [-0.2, -0.15) is 10.1 Å². The average Bonchev–Trinajstić information content (AvgIpc) is 3.48. The summed E-state index contributed by atoms with van der Waals surface area (Å²) in [6.45, 7) is 1.87. The Hall–Kier alpha value is -4.27. The minimum absolute atomic E-state index is 0.0254. The number of benzene rings is 1. The van der Waals surface area contributed by atoms with Crippen LogP contribution in [0, 0.1) is 6.92 Å². The van der Waals surface area contributed by atoms with Gasteiger partial charge in [0.05, 0.1) is 23.9 Å². The quantitative estimate of drug-likeness (QED) is 0.510. The van der Waals surface area contributed by atoms with E-state index in [1.807, 2.05) is 37.3 Å². The molecule has 0 saturated carbocycles. The van der Waals surface area contributed by atoms with Gasteiger partial charge in [0.25, 0.3) is 11.7 Å². The first-order chi connectivity index (χ1) is 14.2. The first kappa shape index (κ1) is 16.9. The van der Waals surface area contributed by atoms with Crippen molar-refractivity contribution in [2.45, 2.75) is 6.92 Å². The Labute approximate surface area is 164 Å². The highest BCUT2D eigenvalue weighted by molar-refractivity contribution is 6.01. The molecule has 9 heteroatoms. The molecule has 0 spiro atoms. The minimum atomic E-state index is -0.453. The topological polar surface area (TPSA) is 103 Å². The standard InChI is InChI=1S/C20H15N7O2/c1-13-7-9-21-20-23-18(25-26(13)20)19(28)22-17-11-16(14-8-10-29-12-14)24-27(17)15-5-3-2-4-6-15/h2-12H,1H3,(H,22,28). The molecule has 0 atom stereocenters. The van der Waals surface area contributed by atoms with Crippen molar-refractivity contribution in [2.24, 2.45) is 0 Å². The zero-order valence-corrected chi connectivity index (χ0v) is 15.4. The number of hydrogen-bond acceptors (Lipinski definition) is 6. The van der Waals surface area contributed by atoms with E-state index in [0.29, 0.717) is 17.3 Å². The molecule has 0 unspecified atom stereocenters. The van der Waals surface area contributed by atoms with Crippen LogP contribution in [0.25, 0.3) is 22.7 Å². The number of rotatable bonds is 4. The molecule has 9 nitrogen and oxygen atoms in total. The van der Waals surface area contributed by atoms with Crippen molar-refractivity contribution in [1.29, 1.82) is 0 Å². The normalized spacial score (nSPS) is 11.1. The summed E-state index contributed by atoms with van der Waals surface area (Å²) in [6, 6.07) is 14.9. The Kier molecular flexibility index (Phi) is 3.91. The van der Waals surface area contributed by atoms with Crippen molar-refractivity contribution < 1.29 is 9.21 Å². The number of nitrogens with zero attached hydrogens (tertiary/aromatic N) is 6. The maximum absolute atomic E-state index is 12.8. The molecule has 142 valence electrons. The van der Waals surface area contributed by atoms with Crippen LogP contribution in [0.2, 0.25) is 0 Å². The van der Waals surface area contributed by atoms with Gasteiger partial charge in [-0.3, -0.25) is 4.79 Å². The lowest BCUT2D eigenvalue weighted by Crippen LogP contribution is -2.16. The van der Waals surface area contributed by atoms with E-state index in [2.05, 4.69) is 25.5 Å². The summed E-state index contributed by atoms with van der Waals surface area (Å²) in [4.78, 5) is 21.2. The van der Waals surface area contributed by atoms with E-state index in [0.717, 1.165) is 16.9 Å². The molecule has 1 amide bonds. The van der Waals surface area contributed by atoms with Gasteiger partial charge in [-0.15, -0.1) is 5.10 Å². The second kappa shape index (κ2) is 6.71. The lowest BCUT2D eigenvalue weighted by molar-refractivity contribution is 0.101. The van der Waals surface area contributed by atoms with Crippen LogP contribution in [0.15, 0.2) is 71.7 Å². The predicted octanol–water partition coefficient (Wildman–Crippen LogP) is 3.13. The van der Waals surface area contributed by atoms with E-state index in [-0.39, 0.29) is 5.82 Å². The number of carbonyl (C=O) groups is 1. The molecule has 0 fully saturated rings. The van der Waals surface area contributed by atoms with Crippen molar-refractivity contribution in [3.8, 4) is 16.9 Å². The van der Waals surface area contributed by atoms with E-state index in [4.69, 9.17) is 4.42 Å². The molecule has 0 radical (unpaired) electrons. The molecule has 4 heterocycles. The van der Waals surface area contributed by atoms with Gasteiger partial charge in [-0.1, -0.05) is 18.2 Å². The molecule has 1 aromatic carbocycles. The van der Waals surface area contributed by atoms with Crippen LogP contribution >= 0.6 is 0 Å². The molecule has 1 N–H and O–H groups in total. The number of aryl methyl sites for hydroxylation is 1. The molecule has 5 rings (SSSR count). The third-order valence-electron chi connectivity index (χ3n) is 4.40. The molecular formula is C20H15N7O2. The van der Waals surface area contributed by atoms with Gasteiger partial charge in [-0.25, -0.2) is 14.2 Å². The fourth-order valence-electron chi connectivity index (χ4n) is 2.96. The Morgan fingerprint density at radius 1 is 1.10 bits per heavy atom. The highest BCUT2D eigenvalue weighted by atomic mass is 16.3. The Bertz CT molecular complexity index is 1300. The van der Waals surface area contributed by atoms with Gasteiger partial charge in [0.1, 0.15) is 5.82 Å². The highest BCUT2D eigenvalue weighted by Crippen LogP contribution is 2.25. The molecule has 0 saturated heterocycles. The van der Waals surface area contributed by atoms with E-state index in [9.17, 15) is 4.79 Å². The second-order valence-electron chi connectivity index (χ2n) is 6.36. The van der Waals surface area contributed by atoms with E-state index in [1.54, 1.807) is 41.6 Å². The fraction of sp³-hybridized carbons (Fsp3) is 0.0500. The van der Waals surface area contributed by atoms with Gasteiger partial charge in [0.2, 0.25) is 5.82 Å². The highest BCUT2D eigenvalue weighted by Gasteiger charge is 2.19. The van der Waals surface area contributed by atoms with Gasteiger partial charge >= 0.3 is 0 Å². The first-order valence-corrected chi connectivity index (χ1v) is 8.87. The molecule has 29 heavy (non-hydrogen) atoms. The van der Waals surface area contributed by atoms with Crippen LogP contribution < -0.4 is 5.32 Å². The number of furan rings is 1. The van der Waals surface area contributed by atoms with Crippen LogP contribution in [0.4, 0.5) is 5.82 Å². The molecule has 4 aromatic heterocycles. The van der Waals surface area contributed by atoms with Crippen molar-refractivity contribution >= 4 is 17.5 Å². The Morgan fingerprint density at radius 3 is 2.72 bits per heavy atom. The molecule has 0 bridgehead atoms. The second-order valence-corrected chi connectivity index (χ2v) is 6.36. The zero-order chi connectivity index (χ0) is 19.8. The van der Waals surface area contributed by atoms with E-state index >= 15 is 0 Å². The predicted molar refractivity (Wildman–Crippen MR) is 105 cm³/mol. The van der Waals surface area contributed by atoms with Crippen molar-refractivity contribution in [3.05, 3.63) is 78.8 Å². The lowest BCUT2D eigenvalue weighted by Gasteiger charge is -2.07. The summed E-state index contributed by atoms with van der Waals surface area (Å²) >= 11 is 0. The number of hydrogen-bond donors (Lipinski definition) is 1. The van der Waals surface area contributed by atoms with E-state index < -0.39 is 5.91 Å². The summed E-state index contributed by atoms with van der Waals surface area (Å²) in [5, 5.41) is 11.7. The van der Waals surface area contributed by atoms with Crippen molar-refractivity contribution in [2.75, 3.05) is 5.32 Å². The molecule has 0 aliphatic carbocycles. The third-order valence-corrected chi connectivity index (χ3v) is 4.40. The average molecular weight is 385 g/mol. The summed E-state index contributed by atoms with van der Waals surface area (Å²) < 4.78 is 8.33. The largest absolute Gasteiger partial charge is 0.472 e. The number of fused-ring (bicyclic) bond motifs is 1. The molecular weight excluding hydrogens is 370 g/mol. The van der Waals surface area contributed by atoms with Crippen molar-refractivity contribution in [1.82, 2.24) is 29.4 Å². The van der Waals surface area contributed by atoms with E-state index in [1.165, 1.54) is 4.52 Å². The molecule has 5 aromatic rings. The fourth-order valence-corrected chi connectivity index (χ4v) is 2.96.